The van der Waals surface area contributed by atoms with Crippen LogP contribution in [0.5, 0.6) is 0 Å². The van der Waals surface area contributed by atoms with Crippen molar-refractivity contribution in [2.45, 2.75) is 50.3 Å². The van der Waals surface area contributed by atoms with E-state index in [4.69, 9.17) is 18.9 Å². The summed E-state index contributed by atoms with van der Waals surface area (Å²) in [5.74, 6) is -1.39. The van der Waals surface area contributed by atoms with E-state index >= 15 is 0 Å². The number of esters is 1. The Morgan fingerprint density at radius 2 is 1.93 bits per heavy atom. The quantitative estimate of drug-likeness (QED) is 0.532. The van der Waals surface area contributed by atoms with Crippen LogP contribution < -0.4 is 0 Å². The topological polar surface area (TPSA) is 74.2 Å². The molecule has 0 aliphatic carbocycles. The molecule has 3 fully saturated rings. The number of aliphatic hydroxyl groups is 1. The van der Waals surface area contributed by atoms with Crippen LogP contribution in [-0.4, -0.2) is 47.6 Å². The minimum Gasteiger partial charge on any atom is -0.454 e. The first-order valence-corrected chi connectivity index (χ1v) is 4.88. The number of hydrogen-bond donors (Lipinski definition) is 1. The molecule has 0 saturated carbocycles. The van der Waals surface area contributed by atoms with Crippen molar-refractivity contribution in [2.75, 3.05) is 0 Å². The van der Waals surface area contributed by atoms with E-state index in [9.17, 15) is 9.90 Å². The van der Waals surface area contributed by atoms with Crippen molar-refractivity contribution < 1.29 is 28.8 Å². The molecule has 6 nitrogen and oxygen atoms in total. The summed E-state index contributed by atoms with van der Waals surface area (Å²) in [7, 11) is 0. The first-order valence-electron chi connectivity index (χ1n) is 4.88. The number of ether oxygens (including phenoxy) is 4. The van der Waals surface area contributed by atoms with Crippen LogP contribution in [0.4, 0.5) is 0 Å². The van der Waals surface area contributed by atoms with Gasteiger partial charge in [-0.15, -0.1) is 0 Å². The van der Waals surface area contributed by atoms with E-state index in [1.807, 2.05) is 0 Å². The summed E-state index contributed by atoms with van der Waals surface area (Å²) >= 11 is 0. The third-order valence-electron chi connectivity index (χ3n) is 2.83. The van der Waals surface area contributed by atoms with Gasteiger partial charge in [-0.3, -0.25) is 0 Å². The van der Waals surface area contributed by atoms with Crippen LogP contribution in [0.2, 0.25) is 0 Å². The largest absolute Gasteiger partial charge is 0.454 e. The molecule has 0 bridgehead atoms. The maximum absolute atomic E-state index is 11.1. The molecule has 15 heavy (non-hydrogen) atoms. The van der Waals surface area contributed by atoms with Gasteiger partial charge in [-0.05, 0) is 13.8 Å². The number of fused-ring (bicyclic) bond motifs is 3. The standard InChI is InChI=1S/C9H12O6/c1-9(2)14-6-5-4(13-8(6)15-9)3(10)7(11)12-5/h3-6,8,10H,1-2H3/t3-,4+,5-,6?,8+/m0/s1. The molecule has 3 saturated heterocycles. The first kappa shape index (κ1) is 9.53. The number of aliphatic hydroxyl groups excluding tert-OH is 1. The molecule has 3 rings (SSSR count). The van der Waals surface area contributed by atoms with Crippen LogP contribution in [0.1, 0.15) is 13.8 Å². The molecule has 0 amide bonds. The SMILES string of the molecule is CC1(C)OC2[C@H](O[C@@H]3[C@H](O)C(=O)O[C@H]23)O1. The van der Waals surface area contributed by atoms with Gasteiger partial charge < -0.3 is 24.1 Å². The van der Waals surface area contributed by atoms with Crippen molar-refractivity contribution in [1.82, 2.24) is 0 Å². The zero-order valence-corrected chi connectivity index (χ0v) is 8.38. The lowest BCUT2D eigenvalue weighted by molar-refractivity contribution is -0.214. The Kier molecular flexibility index (Phi) is 1.72. The van der Waals surface area contributed by atoms with Gasteiger partial charge in [-0.2, -0.15) is 0 Å². The molecule has 84 valence electrons. The van der Waals surface area contributed by atoms with Gasteiger partial charge in [-0.1, -0.05) is 0 Å². The summed E-state index contributed by atoms with van der Waals surface area (Å²) in [5, 5.41) is 9.44. The highest BCUT2D eigenvalue weighted by Gasteiger charge is 2.62. The fourth-order valence-corrected chi connectivity index (χ4v) is 2.23. The van der Waals surface area contributed by atoms with Gasteiger partial charge in [0, 0.05) is 0 Å². The smallest absolute Gasteiger partial charge is 0.338 e. The minimum absolute atomic E-state index is 0.439. The summed E-state index contributed by atoms with van der Waals surface area (Å²) in [5.41, 5.74) is 0. The zero-order chi connectivity index (χ0) is 10.8. The Labute approximate surface area is 86.1 Å². The van der Waals surface area contributed by atoms with Crippen molar-refractivity contribution >= 4 is 5.97 Å². The molecule has 3 aliphatic heterocycles. The average molecular weight is 216 g/mol. The lowest BCUT2D eigenvalue weighted by atomic mass is 10.1. The molecular weight excluding hydrogens is 204 g/mol. The van der Waals surface area contributed by atoms with E-state index in [1.54, 1.807) is 13.8 Å². The predicted molar refractivity (Wildman–Crippen MR) is 44.6 cm³/mol. The molecule has 0 aromatic heterocycles. The minimum atomic E-state index is -1.23. The highest BCUT2D eigenvalue weighted by molar-refractivity contribution is 5.78. The Morgan fingerprint density at radius 1 is 1.20 bits per heavy atom. The van der Waals surface area contributed by atoms with Crippen LogP contribution in [0.25, 0.3) is 0 Å². The summed E-state index contributed by atoms with van der Waals surface area (Å²) in [6, 6.07) is 0. The highest BCUT2D eigenvalue weighted by atomic mass is 16.8. The van der Waals surface area contributed by atoms with Crippen LogP contribution in [-0.2, 0) is 23.7 Å². The van der Waals surface area contributed by atoms with Crippen LogP contribution in [0.15, 0.2) is 0 Å². The van der Waals surface area contributed by atoms with Gasteiger partial charge in [0.1, 0.15) is 6.10 Å². The van der Waals surface area contributed by atoms with Crippen LogP contribution in [0.3, 0.4) is 0 Å². The monoisotopic (exact) mass is 216 g/mol. The number of rotatable bonds is 0. The fourth-order valence-electron chi connectivity index (χ4n) is 2.23. The second-order valence-corrected chi connectivity index (χ2v) is 4.42. The van der Waals surface area contributed by atoms with E-state index < -0.39 is 42.5 Å². The van der Waals surface area contributed by atoms with E-state index in [0.29, 0.717) is 0 Å². The van der Waals surface area contributed by atoms with Gasteiger partial charge >= 0.3 is 5.97 Å². The predicted octanol–water partition coefficient (Wildman–Crippen LogP) is -0.851. The fraction of sp³-hybridized carbons (Fsp3) is 0.889. The van der Waals surface area contributed by atoms with Crippen molar-refractivity contribution in [3.63, 3.8) is 0 Å². The Bertz CT molecular complexity index is 314. The summed E-state index contributed by atoms with van der Waals surface area (Å²) in [4.78, 5) is 11.1. The van der Waals surface area contributed by atoms with E-state index in [-0.39, 0.29) is 0 Å². The first-order chi connectivity index (χ1) is 6.98. The summed E-state index contributed by atoms with van der Waals surface area (Å²) < 4.78 is 21.4. The van der Waals surface area contributed by atoms with Gasteiger partial charge in [-0.25, -0.2) is 4.79 Å². The molecule has 6 heteroatoms. The molecule has 3 aliphatic rings. The van der Waals surface area contributed by atoms with Crippen LogP contribution >= 0.6 is 0 Å². The number of carbonyl (C=O) groups is 1. The second-order valence-electron chi connectivity index (χ2n) is 4.42. The lowest BCUT2D eigenvalue weighted by Gasteiger charge is -2.20. The highest BCUT2D eigenvalue weighted by Crippen LogP contribution is 2.42. The summed E-state index contributed by atoms with van der Waals surface area (Å²) in [6.45, 7) is 3.52. The Morgan fingerprint density at radius 3 is 2.67 bits per heavy atom. The van der Waals surface area contributed by atoms with Crippen LogP contribution in [0, 0.1) is 0 Å². The van der Waals surface area contributed by atoms with E-state index in [1.165, 1.54) is 0 Å². The Hall–Kier alpha value is -0.690. The third kappa shape index (κ3) is 1.22. The van der Waals surface area contributed by atoms with Crippen molar-refractivity contribution in [2.24, 2.45) is 0 Å². The van der Waals surface area contributed by atoms with Crippen molar-refractivity contribution in [3.8, 4) is 0 Å². The van der Waals surface area contributed by atoms with Gasteiger partial charge in [0.2, 0.25) is 0 Å². The maximum Gasteiger partial charge on any atom is 0.338 e. The average Bonchev–Trinajstić information content (AvgIpc) is 2.66. The maximum atomic E-state index is 11.1. The Balaban J connectivity index is 1.83. The molecule has 0 aromatic carbocycles. The molecule has 1 unspecified atom stereocenters. The molecular formula is C9H12O6. The van der Waals surface area contributed by atoms with Crippen molar-refractivity contribution in [1.29, 1.82) is 0 Å². The van der Waals surface area contributed by atoms with Gasteiger partial charge in [0.05, 0.1) is 0 Å². The zero-order valence-electron chi connectivity index (χ0n) is 8.38. The molecule has 0 spiro atoms. The molecule has 1 N–H and O–H groups in total. The normalized spacial score (nSPS) is 51.4. The molecule has 3 heterocycles. The number of hydrogen-bond acceptors (Lipinski definition) is 6. The third-order valence-corrected chi connectivity index (χ3v) is 2.83. The van der Waals surface area contributed by atoms with Gasteiger partial charge in [0.25, 0.3) is 0 Å². The molecule has 0 radical (unpaired) electrons. The van der Waals surface area contributed by atoms with Gasteiger partial charge in [0.15, 0.2) is 30.4 Å². The van der Waals surface area contributed by atoms with E-state index in [0.717, 1.165) is 0 Å². The molecule has 0 aromatic rings. The molecule has 5 atom stereocenters. The van der Waals surface area contributed by atoms with Crippen molar-refractivity contribution in [3.05, 3.63) is 0 Å². The number of carbonyl (C=O) groups excluding carboxylic acids is 1. The second kappa shape index (κ2) is 2.70. The van der Waals surface area contributed by atoms with E-state index in [2.05, 4.69) is 0 Å². The summed E-state index contributed by atoms with van der Waals surface area (Å²) in [6.07, 6.45) is -3.44. The lowest BCUT2D eigenvalue weighted by Crippen LogP contribution is -2.35.